The summed E-state index contributed by atoms with van der Waals surface area (Å²) < 4.78 is 3.38. The quantitative estimate of drug-likeness (QED) is 0.355. The Labute approximate surface area is 192 Å². The fourth-order valence-electron chi connectivity index (χ4n) is 5.43. The molecule has 3 aliphatic rings. The SMILES string of the molecule is CC1=[N+](CCC[N+](C)(C)CCCN2C(=O)C3C=CC=CC3C2=O)c2ccccc2C1(C)C. The number of hydrogen-bond donors (Lipinski definition) is 0. The zero-order valence-electron chi connectivity index (χ0n) is 20.2. The highest BCUT2D eigenvalue weighted by molar-refractivity contribution is 6.07. The van der Waals surface area contributed by atoms with E-state index < -0.39 is 0 Å². The molecule has 2 unspecified atom stereocenters. The molecule has 0 aromatic heterocycles. The van der Waals surface area contributed by atoms with E-state index in [2.05, 4.69) is 63.7 Å². The smallest absolute Gasteiger partial charge is 0.237 e. The maximum atomic E-state index is 12.6. The molecule has 4 rings (SSSR count). The Balaban J connectivity index is 1.29. The average Bonchev–Trinajstić information content (AvgIpc) is 3.12. The first-order valence-corrected chi connectivity index (χ1v) is 11.9. The average molecular weight is 436 g/mol. The molecule has 2 aliphatic heterocycles. The summed E-state index contributed by atoms with van der Waals surface area (Å²) in [5.74, 6) is -0.649. The van der Waals surface area contributed by atoms with E-state index in [9.17, 15) is 9.59 Å². The number of amides is 2. The lowest BCUT2D eigenvalue weighted by Gasteiger charge is -2.30. The molecule has 0 spiro atoms. The van der Waals surface area contributed by atoms with Gasteiger partial charge in [-0.3, -0.25) is 14.5 Å². The van der Waals surface area contributed by atoms with Crippen molar-refractivity contribution in [2.24, 2.45) is 11.8 Å². The number of rotatable bonds is 8. The second kappa shape index (κ2) is 8.43. The number of carbonyl (C=O) groups is 2. The lowest BCUT2D eigenvalue weighted by Crippen LogP contribution is -2.43. The molecule has 0 bridgehead atoms. The first-order valence-electron chi connectivity index (χ1n) is 11.9. The van der Waals surface area contributed by atoms with E-state index in [-0.39, 0.29) is 29.1 Å². The summed E-state index contributed by atoms with van der Waals surface area (Å²) >= 11 is 0. The highest BCUT2D eigenvalue weighted by Crippen LogP contribution is 2.39. The molecule has 1 aromatic rings. The van der Waals surface area contributed by atoms with Gasteiger partial charge in [0.2, 0.25) is 17.5 Å². The zero-order chi connectivity index (χ0) is 23.1. The Morgan fingerprint density at radius 2 is 1.56 bits per heavy atom. The van der Waals surface area contributed by atoms with Crippen molar-refractivity contribution < 1.29 is 18.6 Å². The van der Waals surface area contributed by atoms with Gasteiger partial charge in [-0.05, 0) is 13.8 Å². The summed E-state index contributed by atoms with van der Waals surface area (Å²) in [5, 5.41) is 0. The number of carbonyl (C=O) groups excluding carboxylic acids is 2. The van der Waals surface area contributed by atoms with Gasteiger partial charge in [-0.2, -0.15) is 4.58 Å². The van der Waals surface area contributed by atoms with E-state index in [1.165, 1.54) is 21.9 Å². The molecule has 0 radical (unpaired) electrons. The molecule has 32 heavy (non-hydrogen) atoms. The van der Waals surface area contributed by atoms with Crippen LogP contribution in [0.3, 0.4) is 0 Å². The zero-order valence-corrected chi connectivity index (χ0v) is 20.2. The Morgan fingerprint density at radius 1 is 0.969 bits per heavy atom. The number of likely N-dealkylation sites (tertiary alicyclic amines) is 1. The predicted molar refractivity (Wildman–Crippen MR) is 128 cm³/mol. The first-order chi connectivity index (χ1) is 15.1. The van der Waals surface area contributed by atoms with Crippen LogP contribution in [0.1, 0.15) is 39.2 Å². The Bertz CT molecular complexity index is 985. The molecule has 0 saturated carbocycles. The second-order valence-corrected chi connectivity index (χ2v) is 10.6. The summed E-state index contributed by atoms with van der Waals surface area (Å²) in [4.78, 5) is 26.7. The summed E-state index contributed by atoms with van der Waals surface area (Å²) in [6.07, 6.45) is 9.39. The van der Waals surface area contributed by atoms with Gasteiger partial charge in [0, 0.05) is 31.5 Å². The van der Waals surface area contributed by atoms with Crippen LogP contribution in [0.25, 0.3) is 0 Å². The number of hydrogen-bond acceptors (Lipinski definition) is 2. The molecule has 5 heteroatoms. The molecule has 5 nitrogen and oxygen atoms in total. The fraction of sp³-hybridized carbons (Fsp3) is 0.519. The Morgan fingerprint density at radius 3 is 2.22 bits per heavy atom. The summed E-state index contributed by atoms with van der Waals surface area (Å²) in [6, 6.07) is 8.75. The maximum absolute atomic E-state index is 12.6. The molecule has 1 fully saturated rings. The van der Waals surface area contributed by atoms with Gasteiger partial charge in [0.15, 0.2) is 12.3 Å². The van der Waals surface area contributed by atoms with Crippen LogP contribution < -0.4 is 0 Å². The number of allylic oxidation sites excluding steroid dienone is 2. The van der Waals surface area contributed by atoms with Crippen LogP contribution in [0.5, 0.6) is 0 Å². The van der Waals surface area contributed by atoms with Gasteiger partial charge in [-0.1, -0.05) is 42.5 Å². The third-order valence-electron chi connectivity index (χ3n) is 7.71. The molecule has 2 heterocycles. The van der Waals surface area contributed by atoms with Gasteiger partial charge in [-0.15, -0.1) is 0 Å². The third kappa shape index (κ3) is 3.99. The number of nitrogens with zero attached hydrogens (tertiary/aromatic N) is 3. The van der Waals surface area contributed by atoms with Crippen molar-refractivity contribution in [2.45, 2.75) is 39.0 Å². The predicted octanol–water partition coefficient (Wildman–Crippen LogP) is 3.67. The van der Waals surface area contributed by atoms with Crippen molar-refractivity contribution >= 4 is 23.2 Å². The van der Waals surface area contributed by atoms with Gasteiger partial charge in [0.05, 0.1) is 50.9 Å². The maximum Gasteiger partial charge on any atom is 0.237 e. The molecule has 2 atom stereocenters. The van der Waals surface area contributed by atoms with Crippen LogP contribution >= 0.6 is 0 Å². The number of imide groups is 1. The van der Waals surface area contributed by atoms with Crippen molar-refractivity contribution in [2.75, 3.05) is 40.3 Å². The van der Waals surface area contributed by atoms with E-state index in [0.29, 0.717) is 6.54 Å². The van der Waals surface area contributed by atoms with Gasteiger partial charge >= 0.3 is 0 Å². The molecular formula is C27H37N3O2+2. The van der Waals surface area contributed by atoms with Crippen LogP contribution in [-0.2, 0) is 15.0 Å². The standard InChI is InChI=1S/C27H37N3O2/c1-20-27(2,3)23-14-8-9-15-24(23)28(20)16-10-18-30(4,5)19-11-17-29-25(31)21-12-6-7-13-22(21)26(29)32/h6-9,12-15,21-22H,10-11,16-19H2,1-5H3/q+2. The van der Waals surface area contributed by atoms with E-state index in [0.717, 1.165) is 37.0 Å². The highest BCUT2D eigenvalue weighted by atomic mass is 16.2. The lowest BCUT2D eigenvalue weighted by molar-refractivity contribution is -0.891. The number of fused-ring (bicyclic) bond motifs is 2. The Kier molecular flexibility index (Phi) is 5.97. The molecule has 170 valence electrons. The van der Waals surface area contributed by atoms with E-state index in [4.69, 9.17) is 0 Å². The van der Waals surface area contributed by atoms with Gasteiger partial charge in [0.25, 0.3) is 0 Å². The number of para-hydroxylation sites is 1. The molecule has 2 amide bonds. The highest BCUT2D eigenvalue weighted by Gasteiger charge is 2.45. The molecule has 1 saturated heterocycles. The van der Waals surface area contributed by atoms with Crippen LogP contribution in [0.2, 0.25) is 0 Å². The second-order valence-electron chi connectivity index (χ2n) is 10.6. The van der Waals surface area contributed by atoms with Crippen molar-refractivity contribution in [3.05, 3.63) is 54.1 Å². The number of benzene rings is 1. The summed E-state index contributed by atoms with van der Waals surface area (Å²) in [7, 11) is 4.49. The topological polar surface area (TPSA) is 40.4 Å². The minimum Gasteiger partial charge on any atom is -0.328 e. The number of quaternary nitrogens is 1. The Hall–Kier alpha value is -2.53. The first kappa shape index (κ1) is 22.7. The monoisotopic (exact) mass is 435 g/mol. The minimum absolute atomic E-state index is 0.0350. The lowest BCUT2D eigenvalue weighted by atomic mass is 9.82. The summed E-state index contributed by atoms with van der Waals surface area (Å²) in [5.41, 5.74) is 4.25. The van der Waals surface area contributed by atoms with Gasteiger partial charge in [-0.25, -0.2) is 0 Å². The molecule has 0 N–H and O–H groups in total. The third-order valence-corrected chi connectivity index (χ3v) is 7.71. The van der Waals surface area contributed by atoms with Crippen LogP contribution in [0, 0.1) is 11.8 Å². The van der Waals surface area contributed by atoms with Crippen molar-refractivity contribution in [3.63, 3.8) is 0 Å². The van der Waals surface area contributed by atoms with E-state index in [1.54, 1.807) is 0 Å². The molecule has 1 aromatic carbocycles. The van der Waals surface area contributed by atoms with Crippen molar-refractivity contribution in [3.8, 4) is 0 Å². The van der Waals surface area contributed by atoms with Crippen molar-refractivity contribution in [1.82, 2.24) is 4.90 Å². The van der Waals surface area contributed by atoms with Crippen LogP contribution in [-0.4, -0.2) is 71.8 Å². The van der Waals surface area contributed by atoms with Crippen molar-refractivity contribution in [1.29, 1.82) is 0 Å². The minimum atomic E-state index is -0.290. The summed E-state index contributed by atoms with van der Waals surface area (Å²) in [6.45, 7) is 10.4. The normalized spacial score (nSPS) is 23.8. The van der Waals surface area contributed by atoms with Crippen LogP contribution in [0.4, 0.5) is 5.69 Å². The fourth-order valence-corrected chi connectivity index (χ4v) is 5.43. The van der Waals surface area contributed by atoms with E-state index in [1.807, 2.05) is 24.3 Å². The van der Waals surface area contributed by atoms with Gasteiger partial charge in [0.1, 0.15) is 0 Å². The molecule has 1 aliphatic carbocycles. The molecular weight excluding hydrogens is 398 g/mol. The van der Waals surface area contributed by atoms with Gasteiger partial charge < -0.3 is 4.48 Å². The van der Waals surface area contributed by atoms with Crippen LogP contribution in [0.15, 0.2) is 48.6 Å². The van der Waals surface area contributed by atoms with E-state index >= 15 is 0 Å². The largest absolute Gasteiger partial charge is 0.328 e.